The summed E-state index contributed by atoms with van der Waals surface area (Å²) in [6, 6.07) is 5.96. The molecule has 3 aromatic rings. The van der Waals surface area contributed by atoms with Gasteiger partial charge in [-0.2, -0.15) is 5.10 Å². The fourth-order valence-electron chi connectivity index (χ4n) is 3.62. The number of aromatic nitrogens is 3. The molecular weight excluding hydrogens is 413 g/mol. The van der Waals surface area contributed by atoms with Crippen molar-refractivity contribution in [2.45, 2.75) is 51.7 Å². The number of pyridine rings is 1. The molecule has 0 radical (unpaired) electrons. The van der Waals surface area contributed by atoms with Crippen LogP contribution in [0.1, 0.15) is 50.0 Å². The molecule has 29 heavy (non-hydrogen) atoms. The van der Waals surface area contributed by atoms with Crippen molar-refractivity contribution < 1.29 is 9.21 Å². The lowest BCUT2D eigenvalue weighted by Gasteiger charge is -2.30. The van der Waals surface area contributed by atoms with Crippen LogP contribution < -0.4 is 10.6 Å². The van der Waals surface area contributed by atoms with Crippen LogP contribution >= 0.6 is 24.8 Å². The first-order valence-corrected chi connectivity index (χ1v) is 9.51. The summed E-state index contributed by atoms with van der Waals surface area (Å²) in [4.78, 5) is 17.9. The minimum absolute atomic E-state index is 0. The van der Waals surface area contributed by atoms with Crippen LogP contribution in [-0.2, 0) is 0 Å². The fraction of sp³-hybridized carbons (Fsp3) is 0.450. The highest BCUT2D eigenvalue weighted by Gasteiger charge is 2.25. The second kappa shape index (κ2) is 9.61. The second-order valence-corrected chi connectivity index (χ2v) is 7.42. The number of piperidine rings is 1. The molecular formula is C20H27Cl2N5O2. The number of carbonyl (C=O) groups excluding carboxylic acids is 1. The van der Waals surface area contributed by atoms with Crippen molar-refractivity contribution in [3.05, 3.63) is 36.2 Å². The van der Waals surface area contributed by atoms with Gasteiger partial charge < -0.3 is 15.1 Å². The molecule has 2 unspecified atom stereocenters. The highest BCUT2D eigenvalue weighted by Crippen LogP contribution is 2.27. The molecule has 0 aliphatic carbocycles. The van der Waals surface area contributed by atoms with Crippen LogP contribution in [0.5, 0.6) is 0 Å². The maximum atomic E-state index is 13.1. The summed E-state index contributed by atoms with van der Waals surface area (Å²) >= 11 is 0. The Morgan fingerprint density at radius 2 is 2.17 bits per heavy atom. The number of halogens is 2. The largest absolute Gasteiger partial charge is 0.463 e. The van der Waals surface area contributed by atoms with Crippen LogP contribution in [-0.4, -0.2) is 39.3 Å². The first-order chi connectivity index (χ1) is 13.0. The van der Waals surface area contributed by atoms with Crippen LogP contribution in [0.3, 0.4) is 0 Å². The molecule has 3 aromatic heterocycles. The lowest BCUT2D eigenvalue weighted by atomic mass is 9.99. The van der Waals surface area contributed by atoms with Gasteiger partial charge in [-0.3, -0.25) is 4.79 Å². The minimum Gasteiger partial charge on any atom is -0.463 e. The van der Waals surface area contributed by atoms with Crippen LogP contribution in [0, 0.1) is 0 Å². The molecule has 0 aromatic carbocycles. The minimum atomic E-state index is -0.0981. The summed E-state index contributed by atoms with van der Waals surface area (Å²) in [6.45, 7) is 7.19. The molecule has 1 amide bonds. The molecule has 1 fully saturated rings. The van der Waals surface area contributed by atoms with E-state index in [0.717, 1.165) is 24.8 Å². The van der Waals surface area contributed by atoms with Gasteiger partial charge in [-0.15, -0.1) is 24.8 Å². The smallest absolute Gasteiger partial charge is 0.252 e. The third kappa shape index (κ3) is 4.57. The van der Waals surface area contributed by atoms with Crippen molar-refractivity contribution in [1.29, 1.82) is 0 Å². The highest BCUT2D eigenvalue weighted by molar-refractivity contribution is 6.06. The molecule has 4 rings (SSSR count). The summed E-state index contributed by atoms with van der Waals surface area (Å²) in [5.74, 6) is 0.536. The Morgan fingerprint density at radius 1 is 1.38 bits per heavy atom. The monoisotopic (exact) mass is 439 g/mol. The highest BCUT2D eigenvalue weighted by atomic mass is 35.5. The van der Waals surface area contributed by atoms with Crippen LogP contribution in [0.25, 0.3) is 22.5 Å². The molecule has 0 spiro atoms. The van der Waals surface area contributed by atoms with E-state index in [4.69, 9.17) is 9.40 Å². The summed E-state index contributed by atoms with van der Waals surface area (Å²) in [5, 5.41) is 11.8. The van der Waals surface area contributed by atoms with Gasteiger partial charge in [0, 0.05) is 18.1 Å². The van der Waals surface area contributed by atoms with Gasteiger partial charge in [-0.1, -0.05) is 0 Å². The van der Waals surface area contributed by atoms with Gasteiger partial charge in [-0.25, -0.2) is 9.67 Å². The third-order valence-electron chi connectivity index (χ3n) is 5.15. The van der Waals surface area contributed by atoms with Crippen LogP contribution in [0.4, 0.5) is 0 Å². The van der Waals surface area contributed by atoms with Crippen molar-refractivity contribution in [1.82, 2.24) is 25.4 Å². The van der Waals surface area contributed by atoms with E-state index < -0.39 is 0 Å². The summed E-state index contributed by atoms with van der Waals surface area (Å²) < 4.78 is 7.35. The maximum Gasteiger partial charge on any atom is 0.252 e. The number of fused-ring (bicyclic) bond motifs is 1. The van der Waals surface area contributed by atoms with Gasteiger partial charge in [0.05, 0.1) is 23.4 Å². The fourth-order valence-corrected chi connectivity index (χ4v) is 3.62. The average molecular weight is 440 g/mol. The summed E-state index contributed by atoms with van der Waals surface area (Å²) in [5.41, 5.74) is 1.91. The Bertz CT molecular complexity index is 955. The van der Waals surface area contributed by atoms with E-state index in [2.05, 4.69) is 22.7 Å². The normalized spacial score (nSPS) is 18.9. The van der Waals surface area contributed by atoms with E-state index in [-0.39, 0.29) is 48.8 Å². The SMILES string of the molecule is CC1NCCCC1NC(=O)c1cc(-c2ccco2)nc2c1cnn2C(C)C.Cl.Cl. The number of hydrogen-bond acceptors (Lipinski definition) is 5. The van der Waals surface area contributed by atoms with Gasteiger partial charge in [0.25, 0.3) is 5.91 Å². The molecule has 1 saturated heterocycles. The average Bonchev–Trinajstić information content (AvgIpc) is 3.32. The predicted octanol–water partition coefficient (Wildman–Crippen LogP) is 3.99. The van der Waals surface area contributed by atoms with Gasteiger partial charge in [-0.05, 0) is 58.4 Å². The number of furan rings is 1. The zero-order valence-corrected chi connectivity index (χ0v) is 18.3. The van der Waals surface area contributed by atoms with E-state index in [1.54, 1.807) is 18.5 Å². The van der Waals surface area contributed by atoms with Crippen molar-refractivity contribution in [2.75, 3.05) is 6.54 Å². The first-order valence-electron chi connectivity index (χ1n) is 9.51. The van der Waals surface area contributed by atoms with E-state index >= 15 is 0 Å². The Hall–Kier alpha value is -2.09. The van der Waals surface area contributed by atoms with E-state index in [9.17, 15) is 4.79 Å². The zero-order chi connectivity index (χ0) is 19.0. The lowest BCUT2D eigenvalue weighted by Crippen LogP contribution is -2.51. The van der Waals surface area contributed by atoms with E-state index in [1.807, 2.05) is 30.7 Å². The third-order valence-corrected chi connectivity index (χ3v) is 5.15. The van der Waals surface area contributed by atoms with Crippen molar-refractivity contribution in [2.24, 2.45) is 0 Å². The molecule has 0 bridgehead atoms. The van der Waals surface area contributed by atoms with Gasteiger partial charge in [0.2, 0.25) is 0 Å². The molecule has 1 aliphatic rings. The number of rotatable bonds is 4. The maximum absolute atomic E-state index is 13.1. The molecule has 158 valence electrons. The number of nitrogens with zero attached hydrogens (tertiary/aromatic N) is 3. The molecule has 1 aliphatic heterocycles. The molecule has 7 nitrogen and oxygen atoms in total. The Labute approximate surface area is 182 Å². The van der Waals surface area contributed by atoms with Crippen LogP contribution in [0.15, 0.2) is 35.1 Å². The second-order valence-electron chi connectivity index (χ2n) is 7.42. The lowest BCUT2D eigenvalue weighted by molar-refractivity contribution is 0.0921. The number of hydrogen-bond donors (Lipinski definition) is 2. The first kappa shape index (κ1) is 23.2. The number of nitrogens with one attached hydrogen (secondary N) is 2. The molecule has 9 heteroatoms. The molecule has 0 saturated carbocycles. The van der Waals surface area contributed by atoms with Gasteiger partial charge >= 0.3 is 0 Å². The summed E-state index contributed by atoms with van der Waals surface area (Å²) in [6.07, 6.45) is 5.37. The topological polar surface area (TPSA) is 85.0 Å². The molecule has 4 heterocycles. The number of amides is 1. The standard InChI is InChI=1S/C20H25N5O2.2ClH/c1-12(2)25-19-15(11-22-25)14(10-17(23-19)18-7-5-9-27-18)20(26)24-16-6-4-8-21-13(16)3;;/h5,7,9-13,16,21H,4,6,8H2,1-3H3,(H,24,26);2*1H. The molecule has 2 atom stereocenters. The Balaban J connectivity index is 0.00000150. The van der Waals surface area contributed by atoms with Crippen molar-refractivity contribution in [3.63, 3.8) is 0 Å². The van der Waals surface area contributed by atoms with Crippen molar-refractivity contribution in [3.8, 4) is 11.5 Å². The Morgan fingerprint density at radius 3 is 2.83 bits per heavy atom. The zero-order valence-electron chi connectivity index (χ0n) is 16.7. The van der Waals surface area contributed by atoms with Crippen molar-refractivity contribution >= 4 is 41.8 Å². The van der Waals surface area contributed by atoms with Gasteiger partial charge in [0.15, 0.2) is 11.4 Å². The van der Waals surface area contributed by atoms with Gasteiger partial charge in [0.1, 0.15) is 5.69 Å². The molecule has 2 N–H and O–H groups in total. The number of carbonyl (C=O) groups is 1. The predicted molar refractivity (Wildman–Crippen MR) is 118 cm³/mol. The summed E-state index contributed by atoms with van der Waals surface area (Å²) in [7, 11) is 0. The quantitative estimate of drug-likeness (QED) is 0.641. The van der Waals surface area contributed by atoms with E-state index in [1.165, 1.54) is 0 Å². The Kier molecular flexibility index (Phi) is 7.68. The van der Waals surface area contributed by atoms with Crippen LogP contribution in [0.2, 0.25) is 0 Å². The van der Waals surface area contributed by atoms with E-state index in [0.29, 0.717) is 22.7 Å².